The van der Waals surface area contributed by atoms with Crippen molar-refractivity contribution >= 4 is 17.6 Å². The van der Waals surface area contributed by atoms with Crippen molar-refractivity contribution in [3.8, 4) is 0 Å². The van der Waals surface area contributed by atoms with E-state index < -0.39 is 22.5 Å². The maximum Gasteiger partial charge on any atom is 0.339 e. The molecule has 122 valence electrons. The lowest BCUT2D eigenvalue weighted by atomic mass is 10.2. The van der Waals surface area contributed by atoms with E-state index in [-0.39, 0.29) is 29.3 Å². The molecule has 0 radical (unpaired) electrons. The van der Waals surface area contributed by atoms with Crippen LogP contribution in [0.5, 0.6) is 0 Å². The van der Waals surface area contributed by atoms with Gasteiger partial charge in [0.1, 0.15) is 23.3 Å². The van der Waals surface area contributed by atoms with Gasteiger partial charge in [0.15, 0.2) is 0 Å². The van der Waals surface area contributed by atoms with Crippen molar-refractivity contribution in [2.24, 2.45) is 7.05 Å². The normalized spacial score (nSPS) is 10.6. The average Bonchev–Trinajstić information content (AvgIpc) is 3.01. The number of rotatable bonds is 5. The summed E-state index contributed by atoms with van der Waals surface area (Å²) in [6.07, 6.45) is 1.14. The minimum Gasteiger partial charge on any atom is -0.478 e. The van der Waals surface area contributed by atoms with Crippen LogP contribution in [0.4, 0.5) is 5.69 Å². The van der Waals surface area contributed by atoms with Crippen molar-refractivity contribution in [2.75, 3.05) is 7.05 Å². The van der Waals surface area contributed by atoms with Gasteiger partial charge in [-0.25, -0.2) is 4.79 Å². The van der Waals surface area contributed by atoms with Gasteiger partial charge in [-0.2, -0.15) is 5.10 Å². The average molecular weight is 322 g/mol. The number of nitro groups is 1. The van der Waals surface area contributed by atoms with Crippen LogP contribution < -0.4 is 0 Å². The van der Waals surface area contributed by atoms with E-state index >= 15 is 0 Å². The lowest BCUT2D eigenvalue weighted by molar-refractivity contribution is -0.385. The summed E-state index contributed by atoms with van der Waals surface area (Å²) in [6, 6.07) is 1.31. The third kappa shape index (κ3) is 3.20. The summed E-state index contributed by atoms with van der Waals surface area (Å²) in [5.74, 6) is -1.32. The highest BCUT2D eigenvalue weighted by molar-refractivity contribution is 5.96. The highest BCUT2D eigenvalue weighted by atomic mass is 16.6. The van der Waals surface area contributed by atoms with Crippen LogP contribution in [0, 0.1) is 17.0 Å². The molecule has 2 aromatic heterocycles. The van der Waals surface area contributed by atoms with Gasteiger partial charge in [0, 0.05) is 14.1 Å². The van der Waals surface area contributed by atoms with E-state index in [2.05, 4.69) is 5.10 Å². The number of aromatic carboxylic acids is 1. The molecule has 2 heterocycles. The molecule has 23 heavy (non-hydrogen) atoms. The Morgan fingerprint density at radius 3 is 2.70 bits per heavy atom. The largest absolute Gasteiger partial charge is 0.478 e. The van der Waals surface area contributed by atoms with Crippen LogP contribution in [0.15, 0.2) is 16.7 Å². The summed E-state index contributed by atoms with van der Waals surface area (Å²) in [4.78, 5) is 34.7. The van der Waals surface area contributed by atoms with Crippen molar-refractivity contribution < 1.29 is 24.0 Å². The zero-order chi connectivity index (χ0) is 17.3. The van der Waals surface area contributed by atoms with Crippen LogP contribution in [0.3, 0.4) is 0 Å². The van der Waals surface area contributed by atoms with Crippen LogP contribution in [0.25, 0.3) is 0 Å². The Morgan fingerprint density at radius 1 is 1.52 bits per heavy atom. The van der Waals surface area contributed by atoms with Crippen LogP contribution in [-0.4, -0.2) is 43.6 Å². The summed E-state index contributed by atoms with van der Waals surface area (Å²) in [5.41, 5.74) is -0.683. The van der Waals surface area contributed by atoms with Gasteiger partial charge in [-0.3, -0.25) is 19.6 Å². The van der Waals surface area contributed by atoms with E-state index in [4.69, 9.17) is 9.52 Å². The predicted molar refractivity (Wildman–Crippen MR) is 76.1 cm³/mol. The molecule has 2 rings (SSSR count). The molecule has 1 amide bonds. The first-order valence-corrected chi connectivity index (χ1v) is 6.46. The number of carbonyl (C=O) groups is 2. The first kappa shape index (κ1) is 16.2. The SMILES string of the molecule is Cc1oc(CN(C)C(=O)c2nn(C)cc2[N+](=O)[O-])cc1C(=O)O. The Bertz CT molecular complexity index is 790. The maximum absolute atomic E-state index is 12.3. The first-order chi connectivity index (χ1) is 10.7. The van der Waals surface area contributed by atoms with Crippen molar-refractivity contribution in [2.45, 2.75) is 13.5 Å². The minimum atomic E-state index is -1.13. The molecule has 0 aromatic carbocycles. The Hall–Kier alpha value is -3.17. The number of amides is 1. The second-order valence-corrected chi connectivity index (χ2v) is 4.94. The molecule has 0 bridgehead atoms. The van der Waals surface area contributed by atoms with E-state index in [0.29, 0.717) is 0 Å². The highest BCUT2D eigenvalue weighted by Crippen LogP contribution is 2.20. The number of furan rings is 1. The lowest BCUT2D eigenvalue weighted by Gasteiger charge is -2.13. The highest BCUT2D eigenvalue weighted by Gasteiger charge is 2.28. The molecule has 1 N–H and O–H groups in total. The molecule has 0 saturated heterocycles. The number of carboxylic acid groups (broad SMARTS) is 1. The van der Waals surface area contributed by atoms with Crippen LogP contribution in [0.1, 0.15) is 32.4 Å². The fourth-order valence-corrected chi connectivity index (χ4v) is 2.08. The van der Waals surface area contributed by atoms with E-state index in [1.807, 2.05) is 0 Å². The van der Waals surface area contributed by atoms with Crippen molar-refractivity contribution in [3.63, 3.8) is 0 Å². The third-order valence-electron chi connectivity index (χ3n) is 3.15. The zero-order valence-electron chi connectivity index (χ0n) is 12.6. The number of nitrogens with zero attached hydrogens (tertiary/aromatic N) is 4. The molecule has 0 fully saturated rings. The molecule has 0 aliphatic heterocycles. The van der Waals surface area contributed by atoms with Crippen LogP contribution >= 0.6 is 0 Å². The number of hydrogen-bond donors (Lipinski definition) is 1. The van der Waals surface area contributed by atoms with Gasteiger partial charge in [-0.05, 0) is 13.0 Å². The summed E-state index contributed by atoms with van der Waals surface area (Å²) >= 11 is 0. The van der Waals surface area contributed by atoms with E-state index in [0.717, 1.165) is 6.20 Å². The molecule has 2 aromatic rings. The minimum absolute atomic E-state index is 0.00432. The Morgan fingerprint density at radius 2 is 2.17 bits per heavy atom. The summed E-state index contributed by atoms with van der Waals surface area (Å²) < 4.78 is 6.46. The molecule has 10 nitrogen and oxygen atoms in total. The molecular formula is C13H14N4O6. The lowest BCUT2D eigenvalue weighted by Crippen LogP contribution is -2.27. The molecule has 0 atom stereocenters. The monoisotopic (exact) mass is 322 g/mol. The molecular weight excluding hydrogens is 308 g/mol. The quantitative estimate of drug-likeness (QED) is 0.646. The molecule has 0 aliphatic carbocycles. The molecule has 0 unspecified atom stereocenters. The van der Waals surface area contributed by atoms with Gasteiger partial charge in [-0.1, -0.05) is 0 Å². The van der Waals surface area contributed by atoms with Crippen LogP contribution in [-0.2, 0) is 13.6 Å². The van der Waals surface area contributed by atoms with Gasteiger partial charge in [-0.15, -0.1) is 0 Å². The predicted octanol–water partition coefficient (Wildman–Crippen LogP) is 1.20. The van der Waals surface area contributed by atoms with Crippen LogP contribution in [0.2, 0.25) is 0 Å². The Balaban J connectivity index is 2.22. The summed E-state index contributed by atoms with van der Waals surface area (Å²) in [7, 11) is 2.89. The number of aryl methyl sites for hydroxylation is 2. The van der Waals surface area contributed by atoms with Gasteiger partial charge < -0.3 is 14.4 Å². The summed E-state index contributed by atoms with van der Waals surface area (Å²) in [6.45, 7) is 1.46. The first-order valence-electron chi connectivity index (χ1n) is 6.46. The van der Waals surface area contributed by atoms with Gasteiger partial charge in [0.25, 0.3) is 5.91 Å². The van der Waals surface area contributed by atoms with E-state index in [9.17, 15) is 19.7 Å². The fraction of sp³-hybridized carbons (Fsp3) is 0.308. The number of aromatic nitrogens is 2. The maximum atomic E-state index is 12.3. The summed E-state index contributed by atoms with van der Waals surface area (Å²) in [5, 5.41) is 23.7. The number of carboxylic acids is 1. The molecule has 10 heteroatoms. The second kappa shape index (κ2) is 5.91. The Kier molecular flexibility index (Phi) is 4.16. The smallest absolute Gasteiger partial charge is 0.339 e. The number of hydrogen-bond acceptors (Lipinski definition) is 6. The van der Waals surface area contributed by atoms with Gasteiger partial charge in [0.2, 0.25) is 5.69 Å². The second-order valence-electron chi connectivity index (χ2n) is 4.94. The van der Waals surface area contributed by atoms with Gasteiger partial charge >= 0.3 is 11.7 Å². The molecule has 0 saturated carbocycles. The standard InChI is InChI=1S/C13H14N4O6/c1-7-9(13(19)20)4-8(23-7)5-15(2)12(18)11-10(17(21)22)6-16(3)14-11/h4,6H,5H2,1-3H3,(H,19,20). The molecule has 0 spiro atoms. The fourth-order valence-electron chi connectivity index (χ4n) is 2.08. The Labute approximate surface area is 130 Å². The van der Waals surface area contributed by atoms with Crippen molar-refractivity contribution in [3.05, 3.63) is 45.2 Å². The van der Waals surface area contributed by atoms with E-state index in [1.54, 1.807) is 0 Å². The van der Waals surface area contributed by atoms with Crippen molar-refractivity contribution in [1.29, 1.82) is 0 Å². The topological polar surface area (TPSA) is 132 Å². The number of carbonyl (C=O) groups excluding carboxylic acids is 1. The van der Waals surface area contributed by atoms with E-state index in [1.165, 1.54) is 36.7 Å². The zero-order valence-corrected chi connectivity index (χ0v) is 12.6. The molecule has 0 aliphatic rings. The van der Waals surface area contributed by atoms with Crippen molar-refractivity contribution in [1.82, 2.24) is 14.7 Å². The third-order valence-corrected chi connectivity index (χ3v) is 3.15. The van der Waals surface area contributed by atoms with Gasteiger partial charge in [0.05, 0.1) is 11.5 Å².